The third kappa shape index (κ3) is 1.45. The van der Waals surface area contributed by atoms with Gasteiger partial charge in [-0.2, -0.15) is 0 Å². The van der Waals surface area contributed by atoms with Crippen molar-refractivity contribution >= 4 is 23.4 Å². The minimum Gasteiger partial charge on any atom is -0.477 e. The first-order valence-electron chi connectivity index (χ1n) is 5.87. The van der Waals surface area contributed by atoms with Crippen LogP contribution in [0.3, 0.4) is 0 Å². The second-order valence-electron chi connectivity index (χ2n) is 4.62. The second kappa shape index (κ2) is 3.69. The molecule has 1 atom stereocenters. The SMILES string of the molecule is CC(=O)N1c2nc(C(=O)O)ccc2N2CC[C@H]1C2. The maximum atomic E-state index is 11.8. The van der Waals surface area contributed by atoms with Crippen molar-refractivity contribution in [2.75, 3.05) is 22.9 Å². The molecule has 2 aliphatic heterocycles. The lowest BCUT2D eigenvalue weighted by Crippen LogP contribution is -2.45. The van der Waals surface area contributed by atoms with E-state index in [4.69, 9.17) is 5.11 Å². The number of fused-ring (bicyclic) bond motifs is 4. The van der Waals surface area contributed by atoms with E-state index in [9.17, 15) is 9.59 Å². The van der Waals surface area contributed by atoms with Crippen LogP contribution in [0.25, 0.3) is 0 Å². The van der Waals surface area contributed by atoms with Gasteiger partial charge >= 0.3 is 5.97 Å². The van der Waals surface area contributed by atoms with Crippen molar-refractivity contribution in [3.8, 4) is 0 Å². The highest BCUT2D eigenvalue weighted by Crippen LogP contribution is 2.38. The van der Waals surface area contributed by atoms with Crippen LogP contribution >= 0.6 is 0 Å². The molecular formula is C12H13N3O3. The fourth-order valence-electron chi connectivity index (χ4n) is 2.73. The number of hydrogen-bond acceptors (Lipinski definition) is 4. The Hall–Kier alpha value is -2.11. The Morgan fingerprint density at radius 2 is 2.22 bits per heavy atom. The van der Waals surface area contributed by atoms with Crippen LogP contribution in [0.2, 0.25) is 0 Å². The Bertz CT molecular complexity index is 543. The minimum absolute atomic E-state index is 0.0255. The molecule has 0 aromatic carbocycles. The number of carbonyl (C=O) groups is 2. The summed E-state index contributed by atoms with van der Waals surface area (Å²) in [6.45, 7) is 3.18. The highest BCUT2D eigenvalue weighted by molar-refractivity contribution is 5.97. The molecule has 1 saturated heterocycles. The Balaban J connectivity index is 2.15. The molecular weight excluding hydrogens is 234 g/mol. The number of carboxylic acids is 1. The summed E-state index contributed by atoms with van der Waals surface area (Å²) in [7, 11) is 0. The van der Waals surface area contributed by atoms with E-state index in [1.807, 2.05) is 0 Å². The topological polar surface area (TPSA) is 73.7 Å². The van der Waals surface area contributed by atoms with Gasteiger partial charge in [-0.25, -0.2) is 9.78 Å². The Labute approximate surface area is 104 Å². The van der Waals surface area contributed by atoms with Crippen LogP contribution in [0.15, 0.2) is 12.1 Å². The molecule has 3 heterocycles. The number of nitrogens with zero attached hydrogens (tertiary/aromatic N) is 3. The number of carbonyl (C=O) groups excluding carboxylic acids is 1. The maximum Gasteiger partial charge on any atom is 0.354 e. The van der Waals surface area contributed by atoms with Crippen LogP contribution in [0.1, 0.15) is 23.8 Å². The van der Waals surface area contributed by atoms with Gasteiger partial charge in [0.1, 0.15) is 0 Å². The summed E-state index contributed by atoms with van der Waals surface area (Å²) in [6.07, 6.45) is 0.901. The average molecular weight is 247 g/mol. The zero-order chi connectivity index (χ0) is 12.9. The van der Waals surface area contributed by atoms with Crippen molar-refractivity contribution in [1.82, 2.24) is 4.98 Å². The van der Waals surface area contributed by atoms with Crippen LogP contribution in [0.4, 0.5) is 11.5 Å². The molecule has 1 fully saturated rings. The number of aromatic carboxylic acids is 1. The van der Waals surface area contributed by atoms with Crippen LogP contribution < -0.4 is 9.80 Å². The summed E-state index contributed by atoms with van der Waals surface area (Å²) in [5.41, 5.74) is 0.825. The highest BCUT2D eigenvalue weighted by atomic mass is 16.4. The molecule has 1 amide bonds. The molecule has 0 saturated carbocycles. The first-order chi connectivity index (χ1) is 8.58. The van der Waals surface area contributed by atoms with Gasteiger partial charge in [0.05, 0.1) is 11.7 Å². The normalized spacial score (nSPS) is 20.8. The lowest BCUT2D eigenvalue weighted by molar-refractivity contribution is -0.117. The van der Waals surface area contributed by atoms with Crippen LogP contribution in [-0.2, 0) is 4.79 Å². The van der Waals surface area contributed by atoms with Gasteiger partial charge in [-0.3, -0.25) is 9.69 Å². The Morgan fingerprint density at radius 1 is 1.44 bits per heavy atom. The van der Waals surface area contributed by atoms with E-state index in [2.05, 4.69) is 9.88 Å². The molecule has 2 aliphatic rings. The van der Waals surface area contributed by atoms with E-state index in [0.29, 0.717) is 5.82 Å². The molecule has 0 radical (unpaired) electrons. The lowest BCUT2D eigenvalue weighted by atomic mass is 10.1. The van der Waals surface area contributed by atoms with Crippen molar-refractivity contribution < 1.29 is 14.7 Å². The van der Waals surface area contributed by atoms with Gasteiger partial charge in [0.15, 0.2) is 11.5 Å². The van der Waals surface area contributed by atoms with E-state index >= 15 is 0 Å². The van der Waals surface area contributed by atoms with Gasteiger partial charge in [0.25, 0.3) is 0 Å². The summed E-state index contributed by atoms with van der Waals surface area (Å²) < 4.78 is 0. The third-order valence-electron chi connectivity index (χ3n) is 3.51. The number of pyridine rings is 1. The number of hydrogen-bond donors (Lipinski definition) is 1. The second-order valence-corrected chi connectivity index (χ2v) is 4.62. The van der Waals surface area contributed by atoms with E-state index in [1.54, 1.807) is 11.0 Å². The molecule has 0 aliphatic carbocycles. The van der Waals surface area contributed by atoms with E-state index in [-0.39, 0.29) is 17.6 Å². The molecule has 6 heteroatoms. The van der Waals surface area contributed by atoms with Gasteiger partial charge in [-0.1, -0.05) is 0 Å². The molecule has 0 spiro atoms. The molecule has 18 heavy (non-hydrogen) atoms. The van der Waals surface area contributed by atoms with Crippen LogP contribution in [0, 0.1) is 0 Å². The summed E-state index contributed by atoms with van der Waals surface area (Å²) in [5.74, 6) is -0.678. The van der Waals surface area contributed by atoms with Crippen molar-refractivity contribution in [2.45, 2.75) is 19.4 Å². The number of rotatable bonds is 1. The first kappa shape index (κ1) is 11.0. The summed E-state index contributed by atoms with van der Waals surface area (Å²) in [4.78, 5) is 30.6. The predicted molar refractivity (Wildman–Crippen MR) is 65.0 cm³/mol. The number of anilines is 2. The standard InChI is InChI=1S/C12H13N3O3/c1-7(16)15-8-4-5-14(6-8)10-3-2-9(12(17)18)13-11(10)15/h2-3,8H,4-6H2,1H3,(H,17,18)/t8-/m0/s1. The number of amides is 1. The summed E-state index contributed by atoms with van der Waals surface area (Å²) in [6, 6.07) is 3.34. The van der Waals surface area contributed by atoms with Gasteiger partial charge in [-0.05, 0) is 18.6 Å². The van der Waals surface area contributed by atoms with Crippen LogP contribution in [0.5, 0.6) is 0 Å². The van der Waals surface area contributed by atoms with E-state index in [1.165, 1.54) is 13.0 Å². The van der Waals surface area contributed by atoms with Gasteiger partial charge in [0, 0.05) is 20.0 Å². The average Bonchev–Trinajstić information content (AvgIpc) is 2.73. The lowest BCUT2D eigenvalue weighted by Gasteiger charge is -2.35. The molecule has 3 rings (SSSR count). The molecule has 1 N–H and O–H groups in total. The fourth-order valence-corrected chi connectivity index (χ4v) is 2.73. The Kier molecular flexibility index (Phi) is 2.26. The van der Waals surface area contributed by atoms with Gasteiger partial charge in [0.2, 0.25) is 5.91 Å². The minimum atomic E-state index is -1.07. The molecule has 94 valence electrons. The van der Waals surface area contributed by atoms with Crippen molar-refractivity contribution in [3.63, 3.8) is 0 Å². The highest BCUT2D eigenvalue weighted by Gasteiger charge is 2.39. The molecule has 0 unspecified atom stereocenters. The quantitative estimate of drug-likeness (QED) is 0.791. The number of aromatic nitrogens is 1. The van der Waals surface area contributed by atoms with Crippen molar-refractivity contribution in [2.24, 2.45) is 0 Å². The molecule has 2 bridgehead atoms. The predicted octanol–water partition coefficient (Wildman–Crippen LogP) is 0.725. The third-order valence-corrected chi connectivity index (χ3v) is 3.51. The molecule has 1 aromatic heterocycles. The fraction of sp³-hybridized carbons (Fsp3) is 0.417. The van der Waals surface area contributed by atoms with Gasteiger partial charge in [-0.15, -0.1) is 0 Å². The number of carboxylic acid groups (broad SMARTS) is 1. The van der Waals surface area contributed by atoms with E-state index in [0.717, 1.165) is 25.2 Å². The maximum absolute atomic E-state index is 11.8. The molecule has 6 nitrogen and oxygen atoms in total. The summed E-state index contributed by atoms with van der Waals surface area (Å²) >= 11 is 0. The van der Waals surface area contributed by atoms with Crippen molar-refractivity contribution in [1.29, 1.82) is 0 Å². The largest absolute Gasteiger partial charge is 0.477 e. The monoisotopic (exact) mass is 247 g/mol. The van der Waals surface area contributed by atoms with Crippen LogP contribution in [-0.4, -0.2) is 41.1 Å². The Morgan fingerprint density at radius 3 is 2.89 bits per heavy atom. The van der Waals surface area contributed by atoms with Crippen molar-refractivity contribution in [3.05, 3.63) is 17.8 Å². The first-order valence-corrected chi connectivity index (χ1v) is 5.87. The zero-order valence-corrected chi connectivity index (χ0v) is 9.96. The van der Waals surface area contributed by atoms with Gasteiger partial charge < -0.3 is 10.0 Å². The molecule has 1 aromatic rings. The summed E-state index contributed by atoms with van der Waals surface area (Å²) in [5, 5.41) is 8.98. The van der Waals surface area contributed by atoms with E-state index < -0.39 is 5.97 Å². The smallest absolute Gasteiger partial charge is 0.354 e. The zero-order valence-electron chi connectivity index (χ0n) is 9.96.